The number of hydrogen-bond donors (Lipinski definition) is 1. The summed E-state index contributed by atoms with van der Waals surface area (Å²) in [6, 6.07) is 0. The molecule has 0 radical (unpaired) electrons. The van der Waals surface area contributed by atoms with Crippen molar-refractivity contribution < 1.29 is 5.11 Å². The third kappa shape index (κ3) is 2.66. The first-order valence-electron chi connectivity index (χ1n) is 4.58. The molecule has 0 atom stereocenters. The molecule has 0 spiro atoms. The summed E-state index contributed by atoms with van der Waals surface area (Å²) >= 11 is 0. The van der Waals surface area contributed by atoms with Gasteiger partial charge in [0.1, 0.15) is 0 Å². The molecule has 0 aliphatic heterocycles. The van der Waals surface area contributed by atoms with E-state index >= 15 is 0 Å². The summed E-state index contributed by atoms with van der Waals surface area (Å²) in [7, 11) is 0. The molecule has 1 rings (SSSR count). The first-order chi connectivity index (χ1) is 5.36. The minimum absolute atomic E-state index is 0.390. The van der Waals surface area contributed by atoms with Crippen molar-refractivity contribution >= 4 is 0 Å². The topological polar surface area (TPSA) is 20.2 Å². The van der Waals surface area contributed by atoms with Gasteiger partial charge in [0, 0.05) is 6.61 Å². The molecule has 0 aromatic rings. The van der Waals surface area contributed by atoms with Crippen LogP contribution < -0.4 is 0 Å². The molecular formula is C10H18O. The SMILES string of the molecule is C=CCC1CCC(CO)CC1. The summed E-state index contributed by atoms with van der Waals surface area (Å²) in [5.74, 6) is 1.45. The second-order valence-electron chi connectivity index (χ2n) is 3.59. The number of aliphatic hydroxyl groups excluding tert-OH is 1. The van der Waals surface area contributed by atoms with Gasteiger partial charge >= 0.3 is 0 Å². The van der Waals surface area contributed by atoms with Crippen LogP contribution in [0, 0.1) is 11.8 Å². The van der Waals surface area contributed by atoms with Gasteiger partial charge in [0.2, 0.25) is 0 Å². The van der Waals surface area contributed by atoms with E-state index in [0.29, 0.717) is 12.5 Å². The maximum Gasteiger partial charge on any atom is 0.0459 e. The lowest BCUT2D eigenvalue weighted by Crippen LogP contribution is -2.16. The van der Waals surface area contributed by atoms with Gasteiger partial charge in [-0.15, -0.1) is 6.58 Å². The van der Waals surface area contributed by atoms with Crippen LogP contribution in [0.4, 0.5) is 0 Å². The minimum atomic E-state index is 0.390. The molecule has 0 bridgehead atoms. The van der Waals surface area contributed by atoms with Crippen molar-refractivity contribution in [2.75, 3.05) is 6.61 Å². The van der Waals surface area contributed by atoms with Crippen LogP contribution in [0.2, 0.25) is 0 Å². The van der Waals surface area contributed by atoms with Gasteiger partial charge in [-0.1, -0.05) is 6.08 Å². The van der Waals surface area contributed by atoms with Gasteiger partial charge in [-0.05, 0) is 43.9 Å². The van der Waals surface area contributed by atoms with Crippen LogP contribution in [-0.2, 0) is 0 Å². The van der Waals surface area contributed by atoms with Gasteiger partial charge in [0.05, 0.1) is 0 Å². The summed E-state index contributed by atoms with van der Waals surface area (Å²) < 4.78 is 0. The van der Waals surface area contributed by atoms with Crippen molar-refractivity contribution in [2.24, 2.45) is 11.8 Å². The molecule has 0 unspecified atom stereocenters. The van der Waals surface area contributed by atoms with Crippen molar-refractivity contribution in [1.29, 1.82) is 0 Å². The first kappa shape index (κ1) is 8.79. The van der Waals surface area contributed by atoms with E-state index in [2.05, 4.69) is 6.58 Å². The third-order valence-corrected chi connectivity index (χ3v) is 2.72. The zero-order valence-electron chi connectivity index (χ0n) is 7.13. The molecule has 0 saturated heterocycles. The molecule has 0 aromatic carbocycles. The summed E-state index contributed by atoms with van der Waals surface area (Å²) in [6.45, 7) is 4.13. The summed E-state index contributed by atoms with van der Waals surface area (Å²) in [5.41, 5.74) is 0. The molecular weight excluding hydrogens is 136 g/mol. The molecule has 1 aliphatic carbocycles. The summed E-state index contributed by atoms with van der Waals surface area (Å²) in [4.78, 5) is 0. The highest BCUT2D eigenvalue weighted by atomic mass is 16.3. The Balaban J connectivity index is 2.18. The minimum Gasteiger partial charge on any atom is -0.396 e. The normalized spacial score (nSPS) is 31.7. The quantitative estimate of drug-likeness (QED) is 0.619. The predicted molar refractivity (Wildman–Crippen MR) is 47.3 cm³/mol. The molecule has 1 heteroatoms. The molecule has 1 fully saturated rings. The van der Waals surface area contributed by atoms with Crippen molar-refractivity contribution in [3.8, 4) is 0 Å². The monoisotopic (exact) mass is 154 g/mol. The highest BCUT2D eigenvalue weighted by Gasteiger charge is 2.18. The molecule has 1 nitrogen and oxygen atoms in total. The summed E-state index contributed by atoms with van der Waals surface area (Å²) in [5, 5.41) is 8.89. The molecule has 1 N–H and O–H groups in total. The Morgan fingerprint density at radius 2 is 1.73 bits per heavy atom. The van der Waals surface area contributed by atoms with Crippen molar-refractivity contribution in [3.05, 3.63) is 12.7 Å². The van der Waals surface area contributed by atoms with E-state index in [4.69, 9.17) is 5.11 Å². The van der Waals surface area contributed by atoms with Crippen LogP contribution in [-0.4, -0.2) is 11.7 Å². The predicted octanol–water partition coefficient (Wildman–Crippen LogP) is 2.36. The standard InChI is InChI=1S/C10H18O/c1-2-3-9-4-6-10(8-11)7-5-9/h2,9-11H,1,3-8H2. The fraction of sp³-hybridized carbons (Fsp3) is 0.800. The van der Waals surface area contributed by atoms with Crippen molar-refractivity contribution in [3.63, 3.8) is 0 Å². The number of hydrogen-bond acceptors (Lipinski definition) is 1. The fourth-order valence-corrected chi connectivity index (χ4v) is 1.89. The largest absolute Gasteiger partial charge is 0.396 e. The first-order valence-corrected chi connectivity index (χ1v) is 4.58. The van der Waals surface area contributed by atoms with E-state index in [1.54, 1.807) is 0 Å². The number of allylic oxidation sites excluding steroid dienone is 1. The lowest BCUT2D eigenvalue weighted by Gasteiger charge is -2.26. The third-order valence-electron chi connectivity index (χ3n) is 2.72. The lowest BCUT2D eigenvalue weighted by atomic mass is 9.81. The summed E-state index contributed by atoms with van der Waals surface area (Å²) in [6.07, 6.45) is 8.20. The van der Waals surface area contributed by atoms with Gasteiger partial charge in [-0.3, -0.25) is 0 Å². The molecule has 0 heterocycles. The van der Waals surface area contributed by atoms with Crippen molar-refractivity contribution in [1.82, 2.24) is 0 Å². The number of aliphatic hydroxyl groups is 1. The maximum absolute atomic E-state index is 8.89. The van der Waals surface area contributed by atoms with Gasteiger partial charge in [-0.25, -0.2) is 0 Å². The molecule has 0 amide bonds. The van der Waals surface area contributed by atoms with Gasteiger partial charge in [-0.2, -0.15) is 0 Å². The Morgan fingerprint density at radius 3 is 2.18 bits per heavy atom. The van der Waals surface area contributed by atoms with E-state index in [1.165, 1.54) is 25.7 Å². The highest BCUT2D eigenvalue weighted by Crippen LogP contribution is 2.30. The Morgan fingerprint density at radius 1 is 1.18 bits per heavy atom. The van der Waals surface area contributed by atoms with Crippen LogP contribution >= 0.6 is 0 Å². The van der Waals surface area contributed by atoms with Gasteiger partial charge in [0.25, 0.3) is 0 Å². The maximum atomic E-state index is 8.89. The second-order valence-corrected chi connectivity index (χ2v) is 3.59. The lowest BCUT2D eigenvalue weighted by molar-refractivity contribution is 0.168. The van der Waals surface area contributed by atoms with E-state index in [1.807, 2.05) is 6.08 Å². The van der Waals surface area contributed by atoms with Crippen LogP contribution in [0.1, 0.15) is 32.1 Å². The van der Waals surface area contributed by atoms with Crippen LogP contribution in [0.3, 0.4) is 0 Å². The second kappa shape index (κ2) is 4.55. The van der Waals surface area contributed by atoms with E-state index < -0.39 is 0 Å². The number of rotatable bonds is 3. The average Bonchev–Trinajstić information content (AvgIpc) is 2.07. The molecule has 11 heavy (non-hydrogen) atoms. The molecule has 1 aliphatic rings. The fourth-order valence-electron chi connectivity index (χ4n) is 1.89. The van der Waals surface area contributed by atoms with Gasteiger partial charge < -0.3 is 5.11 Å². The molecule has 0 aromatic heterocycles. The van der Waals surface area contributed by atoms with E-state index in [-0.39, 0.29) is 0 Å². The van der Waals surface area contributed by atoms with Crippen LogP contribution in [0.25, 0.3) is 0 Å². The Bertz CT molecular complexity index is 112. The zero-order valence-corrected chi connectivity index (χ0v) is 7.13. The van der Waals surface area contributed by atoms with Crippen LogP contribution in [0.5, 0.6) is 0 Å². The van der Waals surface area contributed by atoms with E-state index in [0.717, 1.165) is 12.3 Å². The smallest absolute Gasteiger partial charge is 0.0459 e. The zero-order chi connectivity index (χ0) is 8.10. The van der Waals surface area contributed by atoms with Crippen molar-refractivity contribution in [2.45, 2.75) is 32.1 Å². The van der Waals surface area contributed by atoms with Gasteiger partial charge in [0.15, 0.2) is 0 Å². The Hall–Kier alpha value is -0.300. The average molecular weight is 154 g/mol. The highest BCUT2D eigenvalue weighted by molar-refractivity contribution is 4.78. The van der Waals surface area contributed by atoms with Crippen LogP contribution in [0.15, 0.2) is 12.7 Å². The Kier molecular flexibility index (Phi) is 3.64. The molecule has 64 valence electrons. The Labute approximate surface area is 69.1 Å². The van der Waals surface area contributed by atoms with E-state index in [9.17, 15) is 0 Å². The molecule has 1 saturated carbocycles.